The molecule has 0 aliphatic carbocycles. The number of ether oxygens (including phenoxy) is 3. The second-order valence-electron chi connectivity index (χ2n) is 5.42. The van der Waals surface area contributed by atoms with Crippen LogP contribution < -0.4 is 9.47 Å². The van der Waals surface area contributed by atoms with E-state index >= 15 is 0 Å². The Labute approximate surface area is 147 Å². The number of methoxy groups -OCH3 is 3. The van der Waals surface area contributed by atoms with Crippen molar-refractivity contribution in [3.63, 3.8) is 0 Å². The summed E-state index contributed by atoms with van der Waals surface area (Å²) in [5.41, 5.74) is 2.55. The highest BCUT2D eigenvalue weighted by Crippen LogP contribution is 2.29. The van der Waals surface area contributed by atoms with Gasteiger partial charge < -0.3 is 19.3 Å². The number of hydrogen-bond acceptors (Lipinski definition) is 5. The van der Waals surface area contributed by atoms with Crippen molar-refractivity contribution in [3.05, 3.63) is 53.1 Å². The number of rotatable bonds is 7. The molecule has 0 saturated heterocycles. The van der Waals surface area contributed by atoms with E-state index < -0.39 is 0 Å². The third-order valence-electron chi connectivity index (χ3n) is 3.80. The molecule has 0 heterocycles. The van der Waals surface area contributed by atoms with Crippen LogP contribution in [-0.2, 0) is 16.0 Å². The van der Waals surface area contributed by atoms with Crippen LogP contribution in [0.1, 0.15) is 23.1 Å². The number of carbonyl (C=O) groups excluding carboxylic acids is 1. The summed E-state index contributed by atoms with van der Waals surface area (Å²) in [7, 11) is 4.55. The van der Waals surface area contributed by atoms with Gasteiger partial charge in [-0.3, -0.25) is 4.79 Å². The Hall–Kier alpha value is -2.95. The van der Waals surface area contributed by atoms with Gasteiger partial charge in [-0.2, -0.15) is 0 Å². The molecular weight excluding hydrogens is 320 g/mol. The molecular formula is C20H22O5. The van der Waals surface area contributed by atoms with Crippen molar-refractivity contribution < 1.29 is 24.1 Å². The predicted molar refractivity (Wildman–Crippen MR) is 96.9 cm³/mol. The summed E-state index contributed by atoms with van der Waals surface area (Å²) in [4.78, 5) is 11.3. The Morgan fingerprint density at radius 3 is 2.44 bits per heavy atom. The molecule has 0 aliphatic rings. The van der Waals surface area contributed by atoms with Crippen molar-refractivity contribution in [2.24, 2.45) is 0 Å². The van der Waals surface area contributed by atoms with Crippen LogP contribution >= 0.6 is 0 Å². The summed E-state index contributed by atoms with van der Waals surface area (Å²) in [6.45, 7) is 0. The number of phenolic OH excluding ortho intramolecular Hbond substituents is 1. The van der Waals surface area contributed by atoms with Gasteiger partial charge >= 0.3 is 5.97 Å². The highest BCUT2D eigenvalue weighted by molar-refractivity contribution is 5.74. The SMILES string of the molecule is COC(=O)CCc1ccc(O)c(/C=C/c2ccc(OC)c(OC)c2)c1. The lowest BCUT2D eigenvalue weighted by molar-refractivity contribution is -0.140. The van der Waals surface area contributed by atoms with E-state index in [1.54, 1.807) is 26.4 Å². The van der Waals surface area contributed by atoms with Crippen LogP contribution in [0.15, 0.2) is 36.4 Å². The first-order chi connectivity index (χ1) is 12.1. The maximum absolute atomic E-state index is 11.3. The number of hydrogen-bond donors (Lipinski definition) is 1. The maximum Gasteiger partial charge on any atom is 0.305 e. The minimum absolute atomic E-state index is 0.179. The Balaban J connectivity index is 2.18. The monoisotopic (exact) mass is 342 g/mol. The number of benzene rings is 2. The molecule has 25 heavy (non-hydrogen) atoms. The van der Waals surface area contributed by atoms with Gasteiger partial charge in [0.05, 0.1) is 21.3 Å². The summed E-state index contributed by atoms with van der Waals surface area (Å²) < 4.78 is 15.1. The van der Waals surface area contributed by atoms with Gasteiger partial charge in [-0.25, -0.2) is 0 Å². The Morgan fingerprint density at radius 2 is 1.76 bits per heavy atom. The van der Waals surface area contributed by atoms with Crippen molar-refractivity contribution in [1.29, 1.82) is 0 Å². The van der Waals surface area contributed by atoms with Gasteiger partial charge in [-0.05, 0) is 41.8 Å². The molecule has 1 N–H and O–H groups in total. The van der Waals surface area contributed by atoms with E-state index in [0.29, 0.717) is 29.9 Å². The Morgan fingerprint density at radius 1 is 1.00 bits per heavy atom. The maximum atomic E-state index is 11.3. The number of phenols is 1. The minimum Gasteiger partial charge on any atom is -0.507 e. The van der Waals surface area contributed by atoms with Gasteiger partial charge in [0.2, 0.25) is 0 Å². The summed E-state index contributed by atoms with van der Waals surface area (Å²) in [6.07, 6.45) is 4.56. The van der Waals surface area contributed by atoms with Gasteiger partial charge in [-0.15, -0.1) is 0 Å². The molecule has 2 rings (SSSR count). The molecule has 0 aliphatic heterocycles. The number of esters is 1. The van der Waals surface area contributed by atoms with Crippen LogP contribution in [0.5, 0.6) is 17.2 Å². The molecule has 0 fully saturated rings. The van der Waals surface area contributed by atoms with E-state index in [-0.39, 0.29) is 11.7 Å². The van der Waals surface area contributed by atoms with Crippen molar-refractivity contribution >= 4 is 18.1 Å². The second-order valence-corrected chi connectivity index (χ2v) is 5.42. The summed E-state index contributed by atoms with van der Waals surface area (Å²) >= 11 is 0. The molecule has 0 unspecified atom stereocenters. The first kappa shape index (κ1) is 18.4. The second kappa shape index (κ2) is 8.78. The van der Waals surface area contributed by atoms with Gasteiger partial charge in [-0.1, -0.05) is 24.3 Å². The van der Waals surface area contributed by atoms with E-state index in [1.165, 1.54) is 7.11 Å². The van der Waals surface area contributed by atoms with Crippen LogP contribution in [0.2, 0.25) is 0 Å². The predicted octanol–water partition coefficient (Wildman–Crippen LogP) is 3.69. The fourth-order valence-corrected chi connectivity index (χ4v) is 2.38. The largest absolute Gasteiger partial charge is 0.507 e. The molecule has 132 valence electrons. The minimum atomic E-state index is -0.254. The first-order valence-electron chi connectivity index (χ1n) is 7.86. The lowest BCUT2D eigenvalue weighted by Crippen LogP contribution is -2.01. The zero-order valence-corrected chi connectivity index (χ0v) is 14.6. The lowest BCUT2D eigenvalue weighted by Gasteiger charge is -2.08. The van der Waals surface area contributed by atoms with Crippen LogP contribution in [0.3, 0.4) is 0 Å². The van der Waals surface area contributed by atoms with Crippen molar-refractivity contribution in [1.82, 2.24) is 0 Å². The van der Waals surface area contributed by atoms with Crippen LogP contribution in [0.25, 0.3) is 12.2 Å². The molecule has 0 bridgehead atoms. The van der Waals surface area contributed by atoms with Crippen LogP contribution in [0, 0.1) is 0 Å². The molecule has 0 spiro atoms. The van der Waals surface area contributed by atoms with Crippen LogP contribution in [-0.4, -0.2) is 32.4 Å². The van der Waals surface area contributed by atoms with E-state index in [0.717, 1.165) is 11.1 Å². The van der Waals surface area contributed by atoms with E-state index in [1.807, 2.05) is 36.4 Å². The standard InChI is InChI=1S/C20H22O5/c1-23-18-10-6-15(13-19(18)24-2)4-8-16-12-14(5-9-17(16)21)7-11-20(22)25-3/h4-6,8-10,12-13,21H,7,11H2,1-3H3/b8-4+. The molecule has 2 aromatic carbocycles. The highest BCUT2D eigenvalue weighted by Gasteiger charge is 2.05. The third-order valence-corrected chi connectivity index (χ3v) is 3.80. The molecule has 5 nitrogen and oxygen atoms in total. The molecule has 5 heteroatoms. The molecule has 0 saturated carbocycles. The topological polar surface area (TPSA) is 65.0 Å². The Bertz CT molecular complexity index is 765. The smallest absolute Gasteiger partial charge is 0.305 e. The normalized spacial score (nSPS) is 10.7. The van der Waals surface area contributed by atoms with Crippen molar-refractivity contribution in [2.75, 3.05) is 21.3 Å². The number of aryl methyl sites for hydroxylation is 1. The van der Waals surface area contributed by atoms with Crippen molar-refractivity contribution in [2.45, 2.75) is 12.8 Å². The van der Waals surface area contributed by atoms with Crippen LogP contribution in [0.4, 0.5) is 0 Å². The first-order valence-corrected chi connectivity index (χ1v) is 7.86. The summed E-state index contributed by atoms with van der Waals surface area (Å²) in [5, 5.41) is 10.0. The molecule has 0 amide bonds. The average molecular weight is 342 g/mol. The number of carbonyl (C=O) groups is 1. The van der Waals surface area contributed by atoms with E-state index in [2.05, 4.69) is 4.74 Å². The third kappa shape index (κ3) is 5.01. The molecule has 0 atom stereocenters. The lowest BCUT2D eigenvalue weighted by atomic mass is 10.0. The van der Waals surface area contributed by atoms with E-state index in [9.17, 15) is 9.90 Å². The average Bonchev–Trinajstić information content (AvgIpc) is 2.65. The van der Waals surface area contributed by atoms with E-state index in [4.69, 9.17) is 9.47 Å². The Kier molecular flexibility index (Phi) is 6.46. The van der Waals surface area contributed by atoms with Gasteiger partial charge in [0.25, 0.3) is 0 Å². The molecule has 2 aromatic rings. The molecule has 0 radical (unpaired) electrons. The van der Waals surface area contributed by atoms with Gasteiger partial charge in [0.1, 0.15) is 5.75 Å². The zero-order valence-electron chi connectivity index (χ0n) is 14.6. The van der Waals surface area contributed by atoms with Gasteiger partial charge in [0, 0.05) is 12.0 Å². The number of aromatic hydroxyl groups is 1. The van der Waals surface area contributed by atoms with Crippen molar-refractivity contribution in [3.8, 4) is 17.2 Å². The van der Waals surface area contributed by atoms with Gasteiger partial charge in [0.15, 0.2) is 11.5 Å². The summed E-state index contributed by atoms with van der Waals surface area (Å²) in [5.74, 6) is 1.22. The summed E-state index contributed by atoms with van der Waals surface area (Å²) in [6, 6.07) is 10.9. The quantitative estimate of drug-likeness (QED) is 0.614. The molecule has 0 aromatic heterocycles. The highest BCUT2D eigenvalue weighted by atomic mass is 16.5. The zero-order chi connectivity index (χ0) is 18.2. The fraction of sp³-hybridized carbons (Fsp3) is 0.250. The fourth-order valence-electron chi connectivity index (χ4n) is 2.38.